The number of hydrogen-bond acceptors (Lipinski definition) is 6. The van der Waals surface area contributed by atoms with Crippen molar-refractivity contribution in [3.05, 3.63) is 113 Å². The summed E-state index contributed by atoms with van der Waals surface area (Å²) in [5.74, 6) is -0.311. The maximum Gasteiger partial charge on any atom is 0.264 e. The van der Waals surface area contributed by atoms with Gasteiger partial charge < -0.3 is 0 Å². The Morgan fingerprint density at radius 2 is 1.73 bits per heavy atom. The van der Waals surface area contributed by atoms with Gasteiger partial charge in [-0.15, -0.1) is 0 Å². The number of nitrogens with zero attached hydrogens (tertiary/aromatic N) is 4. The van der Waals surface area contributed by atoms with Crippen LogP contribution in [0.15, 0.2) is 102 Å². The number of para-hydroxylation sites is 1. The highest BCUT2D eigenvalue weighted by Crippen LogP contribution is 2.32. The fourth-order valence-electron chi connectivity index (χ4n) is 3.76. The van der Waals surface area contributed by atoms with Crippen molar-refractivity contribution < 1.29 is 13.2 Å². The molecule has 37 heavy (non-hydrogen) atoms. The van der Waals surface area contributed by atoms with Gasteiger partial charge in [0.2, 0.25) is 0 Å². The lowest BCUT2D eigenvalue weighted by molar-refractivity contribution is 0.0985. The Morgan fingerprint density at radius 3 is 2.43 bits per heavy atom. The summed E-state index contributed by atoms with van der Waals surface area (Å²) in [6.45, 7) is 0.247. The van der Waals surface area contributed by atoms with Gasteiger partial charge in [-0.3, -0.25) is 19.0 Å². The third kappa shape index (κ3) is 5.20. The number of sulfonamides is 1. The molecule has 0 aliphatic heterocycles. The van der Waals surface area contributed by atoms with Gasteiger partial charge in [0.25, 0.3) is 15.9 Å². The number of anilines is 2. The molecule has 3 aromatic carbocycles. The Labute approximate surface area is 223 Å². The smallest absolute Gasteiger partial charge is 0.264 e. The van der Waals surface area contributed by atoms with Crippen molar-refractivity contribution in [3.63, 3.8) is 0 Å². The van der Waals surface area contributed by atoms with Crippen molar-refractivity contribution in [2.24, 2.45) is 0 Å². The summed E-state index contributed by atoms with van der Waals surface area (Å²) in [6, 6.07) is 23.8. The number of aromatic nitrogens is 2. The molecular weight excluding hydrogens is 528 g/mol. The van der Waals surface area contributed by atoms with Crippen molar-refractivity contribution in [1.82, 2.24) is 9.97 Å². The van der Waals surface area contributed by atoms with E-state index in [2.05, 4.69) is 9.97 Å². The van der Waals surface area contributed by atoms with Crippen LogP contribution in [0.5, 0.6) is 0 Å². The van der Waals surface area contributed by atoms with Crippen molar-refractivity contribution in [2.45, 2.75) is 11.4 Å². The van der Waals surface area contributed by atoms with Gasteiger partial charge in [-0.2, -0.15) is 0 Å². The van der Waals surface area contributed by atoms with Crippen LogP contribution in [0.4, 0.5) is 10.8 Å². The predicted molar refractivity (Wildman–Crippen MR) is 148 cm³/mol. The molecule has 5 rings (SSSR count). The van der Waals surface area contributed by atoms with E-state index in [9.17, 15) is 13.2 Å². The number of carbonyl (C=O) groups is 1. The molecular formula is C27H21ClN4O3S2. The van der Waals surface area contributed by atoms with E-state index in [1.165, 1.54) is 47.0 Å². The maximum absolute atomic E-state index is 13.7. The van der Waals surface area contributed by atoms with Crippen LogP contribution in [0.2, 0.25) is 5.02 Å². The average Bonchev–Trinajstić information content (AvgIpc) is 3.35. The summed E-state index contributed by atoms with van der Waals surface area (Å²) in [4.78, 5) is 24.2. The monoisotopic (exact) mass is 548 g/mol. The van der Waals surface area contributed by atoms with E-state index in [0.29, 0.717) is 21.4 Å². The molecule has 1 amide bonds. The van der Waals surface area contributed by atoms with Crippen LogP contribution < -0.4 is 9.21 Å². The van der Waals surface area contributed by atoms with E-state index in [0.717, 1.165) is 15.8 Å². The van der Waals surface area contributed by atoms with E-state index in [-0.39, 0.29) is 17.3 Å². The first-order chi connectivity index (χ1) is 17.8. The van der Waals surface area contributed by atoms with Crippen LogP contribution in [0.25, 0.3) is 10.2 Å². The molecule has 0 fully saturated rings. The van der Waals surface area contributed by atoms with E-state index in [1.54, 1.807) is 53.7 Å². The molecule has 2 heterocycles. The molecule has 0 aliphatic rings. The van der Waals surface area contributed by atoms with Crippen LogP contribution >= 0.6 is 22.9 Å². The quantitative estimate of drug-likeness (QED) is 0.248. The number of halogens is 1. The second kappa shape index (κ2) is 10.3. The standard InChI is InChI=1S/C27H21ClN4O3S2/c1-31(22-7-3-2-4-8-22)37(34,35)23-12-9-20(10-13-23)26(33)32(18-19-6-5-15-29-17-19)27-30-24-14-11-21(28)16-25(24)36-27/h2-17H,18H2,1H3. The van der Waals surface area contributed by atoms with Crippen molar-refractivity contribution in [2.75, 3.05) is 16.3 Å². The van der Waals surface area contributed by atoms with Crippen molar-refractivity contribution >= 4 is 59.9 Å². The van der Waals surface area contributed by atoms with E-state index < -0.39 is 10.0 Å². The van der Waals surface area contributed by atoms with E-state index in [4.69, 9.17) is 11.6 Å². The summed E-state index contributed by atoms with van der Waals surface area (Å²) in [5.41, 5.74) is 2.44. The Balaban J connectivity index is 1.47. The first-order valence-corrected chi connectivity index (χ1v) is 13.9. The summed E-state index contributed by atoms with van der Waals surface area (Å²) in [7, 11) is -2.30. The minimum Gasteiger partial charge on any atom is -0.279 e. The molecule has 0 bridgehead atoms. The van der Waals surface area contributed by atoms with Crippen molar-refractivity contribution in [1.29, 1.82) is 0 Å². The van der Waals surface area contributed by atoms with Crippen LogP contribution in [0.3, 0.4) is 0 Å². The van der Waals surface area contributed by atoms with Gasteiger partial charge >= 0.3 is 0 Å². The number of fused-ring (bicyclic) bond motifs is 1. The zero-order valence-corrected chi connectivity index (χ0v) is 22.0. The number of carbonyl (C=O) groups excluding carboxylic acids is 1. The highest BCUT2D eigenvalue weighted by molar-refractivity contribution is 7.92. The fraction of sp³-hybridized carbons (Fsp3) is 0.0741. The SMILES string of the molecule is CN(c1ccccc1)S(=O)(=O)c1ccc(C(=O)N(Cc2cccnc2)c2nc3ccc(Cl)cc3s2)cc1. The first kappa shape index (κ1) is 24.9. The zero-order chi connectivity index (χ0) is 26.0. The lowest BCUT2D eigenvalue weighted by Gasteiger charge is -2.21. The Hall–Kier alpha value is -3.79. The van der Waals surface area contributed by atoms with Gasteiger partial charge in [-0.25, -0.2) is 13.4 Å². The van der Waals surface area contributed by atoms with Crippen LogP contribution in [0, 0.1) is 0 Å². The fourth-order valence-corrected chi connectivity index (χ4v) is 6.20. The first-order valence-electron chi connectivity index (χ1n) is 11.2. The Morgan fingerprint density at radius 1 is 0.973 bits per heavy atom. The van der Waals surface area contributed by atoms with Gasteiger partial charge in [0, 0.05) is 30.0 Å². The molecule has 0 saturated carbocycles. The summed E-state index contributed by atoms with van der Waals surface area (Å²) in [5, 5.41) is 1.09. The third-order valence-corrected chi connectivity index (χ3v) is 8.83. The highest BCUT2D eigenvalue weighted by atomic mass is 35.5. The van der Waals surface area contributed by atoms with Crippen molar-refractivity contribution in [3.8, 4) is 0 Å². The summed E-state index contributed by atoms with van der Waals surface area (Å²) in [6.07, 6.45) is 3.36. The number of thiazole rings is 1. The number of rotatable bonds is 7. The van der Waals surface area contributed by atoms with Gasteiger partial charge in [0.15, 0.2) is 5.13 Å². The van der Waals surface area contributed by atoms with Gasteiger partial charge in [-0.1, -0.05) is 47.2 Å². The summed E-state index contributed by atoms with van der Waals surface area (Å²) >= 11 is 7.50. The summed E-state index contributed by atoms with van der Waals surface area (Å²) < 4.78 is 28.4. The van der Waals surface area contributed by atoms with Crippen LogP contribution in [0.1, 0.15) is 15.9 Å². The number of benzene rings is 3. The molecule has 0 atom stereocenters. The number of hydrogen-bond donors (Lipinski definition) is 0. The van der Waals surface area contributed by atoms with Gasteiger partial charge in [-0.05, 0) is 66.2 Å². The Kier molecular flexibility index (Phi) is 6.92. The van der Waals surface area contributed by atoms with E-state index >= 15 is 0 Å². The second-order valence-corrected chi connectivity index (χ2v) is 11.6. The van der Waals surface area contributed by atoms with Crippen LogP contribution in [-0.4, -0.2) is 31.3 Å². The highest BCUT2D eigenvalue weighted by Gasteiger charge is 2.25. The lowest BCUT2D eigenvalue weighted by Crippen LogP contribution is -2.30. The third-order valence-electron chi connectivity index (χ3n) is 5.76. The molecule has 0 aliphatic carbocycles. The Bertz CT molecular complexity index is 1660. The van der Waals surface area contributed by atoms with Gasteiger partial charge in [0.1, 0.15) is 0 Å². The molecule has 186 valence electrons. The topological polar surface area (TPSA) is 83.5 Å². The molecule has 2 aromatic heterocycles. The largest absolute Gasteiger partial charge is 0.279 e. The molecule has 0 radical (unpaired) electrons. The number of pyridine rings is 1. The zero-order valence-electron chi connectivity index (χ0n) is 19.7. The second-order valence-electron chi connectivity index (χ2n) is 8.19. The molecule has 7 nitrogen and oxygen atoms in total. The molecule has 0 unspecified atom stereocenters. The van der Waals surface area contributed by atoms with Gasteiger partial charge in [0.05, 0.1) is 27.3 Å². The van der Waals surface area contributed by atoms with E-state index in [1.807, 2.05) is 24.3 Å². The number of amides is 1. The molecule has 10 heteroatoms. The molecule has 0 spiro atoms. The normalized spacial score (nSPS) is 11.4. The predicted octanol–water partition coefficient (Wildman–Crippen LogP) is 6.02. The maximum atomic E-state index is 13.7. The molecule has 0 saturated heterocycles. The van der Waals surface area contributed by atoms with Crippen LogP contribution in [-0.2, 0) is 16.6 Å². The lowest BCUT2D eigenvalue weighted by atomic mass is 10.2. The minimum absolute atomic E-state index is 0.0869. The molecule has 0 N–H and O–H groups in total. The average molecular weight is 549 g/mol. The minimum atomic E-state index is -3.80. The molecule has 5 aromatic rings.